The molecular formula is C14H17N3O3. The zero-order valence-electron chi connectivity index (χ0n) is 11.5. The van der Waals surface area contributed by atoms with E-state index in [4.69, 9.17) is 0 Å². The molecule has 1 fully saturated rings. The smallest absolute Gasteiger partial charge is 0.313 e. The van der Waals surface area contributed by atoms with Gasteiger partial charge in [0.05, 0.1) is 0 Å². The maximum atomic E-state index is 11.7. The topological polar surface area (TPSA) is 78.5 Å². The lowest BCUT2D eigenvalue weighted by Gasteiger charge is -2.19. The number of carbonyl (C=O) groups excluding carboxylic acids is 3. The molecule has 0 bridgehead atoms. The fourth-order valence-electron chi connectivity index (χ4n) is 2.24. The normalized spacial score (nSPS) is 14.3. The first-order valence-electron chi connectivity index (χ1n) is 6.47. The van der Waals surface area contributed by atoms with Crippen molar-refractivity contribution in [1.82, 2.24) is 5.32 Å². The van der Waals surface area contributed by atoms with E-state index in [1.54, 1.807) is 23.1 Å². The molecule has 3 amide bonds. The third kappa shape index (κ3) is 2.79. The first-order chi connectivity index (χ1) is 9.52. The van der Waals surface area contributed by atoms with Crippen molar-refractivity contribution >= 4 is 29.1 Å². The van der Waals surface area contributed by atoms with Gasteiger partial charge in [-0.1, -0.05) is 0 Å². The number of rotatable bonds is 2. The number of carbonyl (C=O) groups is 3. The van der Waals surface area contributed by atoms with Crippen molar-refractivity contribution in [2.75, 3.05) is 23.8 Å². The summed E-state index contributed by atoms with van der Waals surface area (Å²) in [5, 5.41) is 4.77. The summed E-state index contributed by atoms with van der Waals surface area (Å²) in [6.07, 6.45) is 1.45. The average molecular weight is 275 g/mol. The summed E-state index contributed by atoms with van der Waals surface area (Å²) < 4.78 is 0. The Morgan fingerprint density at radius 1 is 1.25 bits per heavy atom. The molecule has 1 aliphatic rings. The van der Waals surface area contributed by atoms with Crippen LogP contribution < -0.4 is 15.5 Å². The zero-order valence-corrected chi connectivity index (χ0v) is 11.5. The SMILES string of the molecule is CNC(=O)C(=O)Nc1ccc(N2CCCC2=O)c(C)c1. The fraction of sp³-hybridized carbons (Fsp3) is 0.357. The lowest BCUT2D eigenvalue weighted by atomic mass is 10.1. The van der Waals surface area contributed by atoms with Gasteiger partial charge in [-0.25, -0.2) is 0 Å². The molecule has 1 saturated heterocycles. The van der Waals surface area contributed by atoms with E-state index in [1.807, 2.05) is 6.92 Å². The molecule has 0 saturated carbocycles. The first-order valence-corrected chi connectivity index (χ1v) is 6.47. The van der Waals surface area contributed by atoms with Crippen LogP contribution in [0.15, 0.2) is 18.2 Å². The van der Waals surface area contributed by atoms with Crippen molar-refractivity contribution < 1.29 is 14.4 Å². The van der Waals surface area contributed by atoms with E-state index < -0.39 is 11.8 Å². The van der Waals surface area contributed by atoms with Gasteiger partial charge in [0.1, 0.15) is 0 Å². The number of amides is 3. The highest BCUT2D eigenvalue weighted by atomic mass is 16.2. The summed E-state index contributed by atoms with van der Waals surface area (Å²) in [6.45, 7) is 2.60. The lowest BCUT2D eigenvalue weighted by Crippen LogP contribution is -2.32. The molecule has 0 spiro atoms. The van der Waals surface area contributed by atoms with Crippen LogP contribution in [0.1, 0.15) is 18.4 Å². The zero-order chi connectivity index (χ0) is 14.7. The van der Waals surface area contributed by atoms with Crippen molar-refractivity contribution in [1.29, 1.82) is 0 Å². The van der Waals surface area contributed by atoms with Crippen LogP contribution in [0.25, 0.3) is 0 Å². The van der Waals surface area contributed by atoms with Crippen molar-refractivity contribution in [3.63, 3.8) is 0 Å². The van der Waals surface area contributed by atoms with Crippen LogP contribution in [0.4, 0.5) is 11.4 Å². The second kappa shape index (κ2) is 5.73. The molecule has 1 aromatic rings. The van der Waals surface area contributed by atoms with E-state index in [9.17, 15) is 14.4 Å². The third-order valence-corrected chi connectivity index (χ3v) is 3.25. The largest absolute Gasteiger partial charge is 0.351 e. The Labute approximate surface area is 117 Å². The minimum Gasteiger partial charge on any atom is -0.351 e. The van der Waals surface area contributed by atoms with Crippen molar-refractivity contribution in [3.05, 3.63) is 23.8 Å². The standard InChI is InChI=1S/C14H17N3O3/c1-9-8-10(16-14(20)13(19)15-2)5-6-11(9)17-7-3-4-12(17)18/h5-6,8H,3-4,7H2,1-2H3,(H,15,19)(H,16,20). The van der Waals surface area contributed by atoms with E-state index in [0.29, 0.717) is 12.1 Å². The second-order valence-corrected chi connectivity index (χ2v) is 4.68. The maximum Gasteiger partial charge on any atom is 0.313 e. The Bertz CT molecular complexity index is 569. The summed E-state index contributed by atoms with van der Waals surface area (Å²) in [7, 11) is 1.40. The molecule has 20 heavy (non-hydrogen) atoms. The third-order valence-electron chi connectivity index (χ3n) is 3.25. The Morgan fingerprint density at radius 3 is 2.55 bits per heavy atom. The van der Waals surface area contributed by atoms with Crippen LogP contribution >= 0.6 is 0 Å². The summed E-state index contributed by atoms with van der Waals surface area (Å²) in [4.78, 5) is 36.1. The Morgan fingerprint density at radius 2 is 2.00 bits per heavy atom. The van der Waals surface area contributed by atoms with E-state index in [-0.39, 0.29) is 5.91 Å². The minimum atomic E-state index is -0.711. The molecule has 0 aromatic heterocycles. The minimum absolute atomic E-state index is 0.121. The number of anilines is 2. The fourth-order valence-corrected chi connectivity index (χ4v) is 2.24. The van der Waals surface area contributed by atoms with E-state index in [1.165, 1.54) is 7.05 Å². The molecule has 106 valence electrons. The van der Waals surface area contributed by atoms with Gasteiger partial charge in [0.25, 0.3) is 0 Å². The van der Waals surface area contributed by atoms with Crippen LogP contribution in [-0.2, 0) is 14.4 Å². The number of hydrogen-bond acceptors (Lipinski definition) is 3. The highest BCUT2D eigenvalue weighted by Crippen LogP contribution is 2.27. The summed E-state index contributed by atoms with van der Waals surface area (Å²) in [5.41, 5.74) is 2.27. The summed E-state index contributed by atoms with van der Waals surface area (Å²) >= 11 is 0. The first kappa shape index (κ1) is 14.0. The van der Waals surface area contributed by atoms with Crippen molar-refractivity contribution in [2.45, 2.75) is 19.8 Å². The Kier molecular flexibility index (Phi) is 4.02. The van der Waals surface area contributed by atoms with Crippen LogP contribution in [0, 0.1) is 6.92 Å². The van der Waals surface area contributed by atoms with Gasteiger partial charge in [-0.3, -0.25) is 14.4 Å². The molecule has 0 aliphatic carbocycles. The van der Waals surface area contributed by atoms with Crippen LogP contribution in [0.5, 0.6) is 0 Å². The monoisotopic (exact) mass is 275 g/mol. The number of likely N-dealkylation sites (N-methyl/N-ethyl adjacent to an activating group) is 1. The van der Waals surface area contributed by atoms with Gasteiger partial charge in [0.2, 0.25) is 5.91 Å². The van der Waals surface area contributed by atoms with Crippen LogP contribution in [0.3, 0.4) is 0 Å². The predicted molar refractivity (Wildman–Crippen MR) is 75.5 cm³/mol. The second-order valence-electron chi connectivity index (χ2n) is 4.68. The van der Waals surface area contributed by atoms with Crippen molar-refractivity contribution in [2.24, 2.45) is 0 Å². The van der Waals surface area contributed by atoms with E-state index in [2.05, 4.69) is 10.6 Å². The lowest BCUT2D eigenvalue weighted by molar-refractivity contribution is -0.135. The number of benzene rings is 1. The van der Waals surface area contributed by atoms with Gasteiger partial charge in [-0.2, -0.15) is 0 Å². The van der Waals surface area contributed by atoms with Crippen LogP contribution in [0.2, 0.25) is 0 Å². The van der Waals surface area contributed by atoms with Gasteiger partial charge in [0.15, 0.2) is 0 Å². The van der Waals surface area contributed by atoms with Gasteiger partial charge in [-0.15, -0.1) is 0 Å². The molecule has 1 aromatic carbocycles. The molecule has 1 heterocycles. The highest BCUT2D eigenvalue weighted by molar-refractivity contribution is 6.39. The highest BCUT2D eigenvalue weighted by Gasteiger charge is 2.23. The van der Waals surface area contributed by atoms with Gasteiger partial charge in [-0.05, 0) is 37.1 Å². The molecule has 0 unspecified atom stereocenters. The van der Waals surface area contributed by atoms with Gasteiger partial charge in [0, 0.05) is 31.4 Å². The summed E-state index contributed by atoms with van der Waals surface area (Å²) in [6, 6.07) is 5.23. The molecule has 0 atom stereocenters. The maximum absolute atomic E-state index is 11.7. The Balaban J connectivity index is 2.15. The molecule has 2 N–H and O–H groups in total. The molecular weight excluding hydrogens is 258 g/mol. The number of nitrogens with zero attached hydrogens (tertiary/aromatic N) is 1. The number of nitrogens with one attached hydrogen (secondary N) is 2. The van der Waals surface area contributed by atoms with E-state index >= 15 is 0 Å². The molecule has 1 aliphatic heterocycles. The number of hydrogen-bond donors (Lipinski definition) is 2. The Hall–Kier alpha value is -2.37. The number of aryl methyl sites for hydroxylation is 1. The average Bonchev–Trinajstić information content (AvgIpc) is 2.84. The van der Waals surface area contributed by atoms with Gasteiger partial charge >= 0.3 is 11.8 Å². The predicted octanol–water partition coefficient (Wildman–Crippen LogP) is 0.806. The van der Waals surface area contributed by atoms with Crippen molar-refractivity contribution in [3.8, 4) is 0 Å². The molecule has 6 nitrogen and oxygen atoms in total. The van der Waals surface area contributed by atoms with E-state index in [0.717, 1.165) is 24.2 Å². The molecule has 0 radical (unpaired) electrons. The molecule has 2 rings (SSSR count). The van der Waals surface area contributed by atoms with Gasteiger partial charge < -0.3 is 15.5 Å². The van der Waals surface area contributed by atoms with Crippen LogP contribution in [-0.4, -0.2) is 31.3 Å². The quantitative estimate of drug-likeness (QED) is 0.784. The summed E-state index contributed by atoms with van der Waals surface area (Å²) in [5.74, 6) is -1.28. The molecule has 6 heteroatoms.